The maximum atomic E-state index is 12.1. The summed E-state index contributed by atoms with van der Waals surface area (Å²) in [5.74, 6) is -0.375. The molecule has 4 rings (SSSR count). The molecular formula is C27H29N5O4. The van der Waals surface area contributed by atoms with E-state index in [4.69, 9.17) is 0 Å². The molecular weight excluding hydrogens is 458 g/mol. The van der Waals surface area contributed by atoms with Crippen molar-refractivity contribution >= 4 is 39.6 Å². The summed E-state index contributed by atoms with van der Waals surface area (Å²) >= 11 is 0. The van der Waals surface area contributed by atoms with Crippen LogP contribution in [0.4, 0.5) is 22.9 Å². The van der Waals surface area contributed by atoms with Crippen LogP contribution in [0.3, 0.4) is 0 Å². The molecule has 1 heterocycles. The lowest BCUT2D eigenvalue weighted by Gasteiger charge is -2.20. The van der Waals surface area contributed by atoms with Crippen LogP contribution in [0.2, 0.25) is 0 Å². The highest BCUT2D eigenvalue weighted by atomic mass is 16.4. The Labute approximate surface area is 208 Å². The van der Waals surface area contributed by atoms with Crippen molar-refractivity contribution in [2.24, 2.45) is 0 Å². The second kappa shape index (κ2) is 11.0. The highest BCUT2D eigenvalue weighted by molar-refractivity contribution is 5.93. The van der Waals surface area contributed by atoms with Crippen LogP contribution in [0.5, 0.6) is 0 Å². The predicted octanol–water partition coefficient (Wildman–Crippen LogP) is 3.05. The van der Waals surface area contributed by atoms with Crippen LogP contribution in [0.1, 0.15) is 12.0 Å². The minimum Gasteiger partial charge on any atom is -0.480 e. The standard InChI is InChI=1S/C27H29N5O4/c1-32(2)15-5-13-28-22-23(25(34)24(22)33)31-21(27(35)36)16-17-8-10-19(11-9-17)30-26-20-7-4-3-6-18(20)12-14-29-26/h3-4,6-12,14,21,28,31H,5,13,15-16H2,1-2H3,(H,29,30)(H,35,36). The van der Waals surface area contributed by atoms with Gasteiger partial charge in [-0.3, -0.25) is 9.59 Å². The number of fused-ring (bicyclic) bond motifs is 1. The number of pyridine rings is 1. The van der Waals surface area contributed by atoms with Crippen molar-refractivity contribution in [3.05, 3.63) is 86.8 Å². The number of carbonyl (C=O) groups is 1. The van der Waals surface area contributed by atoms with Gasteiger partial charge < -0.3 is 26.0 Å². The van der Waals surface area contributed by atoms with Gasteiger partial charge in [-0.2, -0.15) is 0 Å². The molecule has 9 heteroatoms. The molecule has 0 radical (unpaired) electrons. The van der Waals surface area contributed by atoms with Gasteiger partial charge in [-0.1, -0.05) is 36.4 Å². The molecule has 4 N–H and O–H groups in total. The third-order valence-electron chi connectivity index (χ3n) is 5.94. The Balaban J connectivity index is 1.42. The maximum absolute atomic E-state index is 12.1. The first-order valence-electron chi connectivity index (χ1n) is 11.7. The van der Waals surface area contributed by atoms with Crippen molar-refractivity contribution < 1.29 is 9.90 Å². The highest BCUT2D eigenvalue weighted by Crippen LogP contribution is 2.24. The summed E-state index contributed by atoms with van der Waals surface area (Å²) in [5, 5.41) is 20.9. The molecule has 0 saturated carbocycles. The maximum Gasteiger partial charge on any atom is 0.326 e. The number of rotatable bonds is 12. The second-order valence-corrected chi connectivity index (χ2v) is 8.93. The molecule has 0 fully saturated rings. The predicted molar refractivity (Wildman–Crippen MR) is 143 cm³/mol. The monoisotopic (exact) mass is 487 g/mol. The molecule has 0 saturated heterocycles. The van der Waals surface area contributed by atoms with E-state index in [1.165, 1.54) is 0 Å². The number of benzene rings is 2. The number of hydrogen-bond acceptors (Lipinski definition) is 8. The molecule has 0 aliphatic rings. The summed E-state index contributed by atoms with van der Waals surface area (Å²) < 4.78 is 0. The number of carboxylic acid groups (broad SMARTS) is 1. The third kappa shape index (κ3) is 5.69. The molecule has 1 atom stereocenters. The number of anilines is 4. The average molecular weight is 488 g/mol. The minimum atomic E-state index is -1.11. The number of nitrogens with zero attached hydrogens (tertiary/aromatic N) is 2. The Hall–Kier alpha value is -4.24. The summed E-state index contributed by atoms with van der Waals surface area (Å²) in [6, 6.07) is 16.2. The zero-order chi connectivity index (χ0) is 25.7. The summed E-state index contributed by atoms with van der Waals surface area (Å²) in [4.78, 5) is 42.5. The lowest BCUT2D eigenvalue weighted by Crippen LogP contribution is -2.42. The Morgan fingerprint density at radius 2 is 1.72 bits per heavy atom. The molecule has 0 bridgehead atoms. The second-order valence-electron chi connectivity index (χ2n) is 8.93. The fourth-order valence-corrected chi connectivity index (χ4v) is 4.00. The van der Waals surface area contributed by atoms with E-state index >= 15 is 0 Å². The SMILES string of the molecule is CN(C)CCCNc1c(NC(Cc2ccc(Nc3nccc4ccccc34)cc2)C(=O)O)c(=O)c1=O. The highest BCUT2D eigenvalue weighted by Gasteiger charge is 2.26. The largest absolute Gasteiger partial charge is 0.480 e. The first-order valence-corrected chi connectivity index (χ1v) is 11.7. The molecule has 0 amide bonds. The minimum absolute atomic E-state index is 0.0394. The van der Waals surface area contributed by atoms with Crippen molar-refractivity contribution in [3.8, 4) is 0 Å². The van der Waals surface area contributed by atoms with Crippen LogP contribution in [-0.2, 0) is 11.2 Å². The van der Waals surface area contributed by atoms with E-state index in [-0.39, 0.29) is 17.8 Å². The smallest absolute Gasteiger partial charge is 0.326 e. The van der Waals surface area contributed by atoms with Gasteiger partial charge in [0.2, 0.25) is 0 Å². The Bertz CT molecular complexity index is 1420. The number of carboxylic acids is 1. The summed E-state index contributed by atoms with van der Waals surface area (Å²) in [5.41, 5.74) is 0.465. The number of aliphatic carboxylic acids is 1. The molecule has 1 aromatic heterocycles. The third-order valence-corrected chi connectivity index (χ3v) is 5.94. The van der Waals surface area contributed by atoms with Gasteiger partial charge in [0.25, 0.3) is 10.9 Å². The van der Waals surface area contributed by atoms with Gasteiger partial charge in [0.05, 0.1) is 0 Å². The van der Waals surface area contributed by atoms with E-state index in [0.29, 0.717) is 6.54 Å². The van der Waals surface area contributed by atoms with Gasteiger partial charge in [0.15, 0.2) is 0 Å². The Morgan fingerprint density at radius 3 is 2.44 bits per heavy atom. The lowest BCUT2D eigenvalue weighted by molar-refractivity contribution is -0.137. The van der Waals surface area contributed by atoms with Crippen molar-refractivity contribution in [1.29, 1.82) is 0 Å². The zero-order valence-electron chi connectivity index (χ0n) is 20.2. The fourth-order valence-electron chi connectivity index (χ4n) is 4.00. The molecule has 36 heavy (non-hydrogen) atoms. The molecule has 1 unspecified atom stereocenters. The molecule has 0 aliphatic heterocycles. The molecule has 0 spiro atoms. The number of aromatic nitrogens is 1. The topological polar surface area (TPSA) is 124 Å². The summed E-state index contributed by atoms with van der Waals surface area (Å²) in [6.07, 6.45) is 2.66. The van der Waals surface area contributed by atoms with Crippen LogP contribution in [0.25, 0.3) is 10.8 Å². The summed E-state index contributed by atoms with van der Waals surface area (Å²) in [7, 11) is 3.90. The van der Waals surface area contributed by atoms with Crippen LogP contribution < -0.4 is 26.8 Å². The molecule has 0 aliphatic carbocycles. The molecule has 9 nitrogen and oxygen atoms in total. The average Bonchev–Trinajstić information content (AvgIpc) is 2.87. The van der Waals surface area contributed by atoms with Gasteiger partial charge in [0, 0.05) is 30.2 Å². The normalized spacial score (nSPS) is 12.1. The summed E-state index contributed by atoms with van der Waals surface area (Å²) in [6.45, 7) is 1.33. The van der Waals surface area contributed by atoms with E-state index in [9.17, 15) is 19.5 Å². The van der Waals surface area contributed by atoms with Gasteiger partial charge in [0.1, 0.15) is 23.2 Å². The van der Waals surface area contributed by atoms with Crippen molar-refractivity contribution in [3.63, 3.8) is 0 Å². The molecule has 3 aromatic carbocycles. The Morgan fingerprint density at radius 1 is 1.00 bits per heavy atom. The van der Waals surface area contributed by atoms with Crippen molar-refractivity contribution in [2.45, 2.75) is 18.9 Å². The zero-order valence-corrected chi connectivity index (χ0v) is 20.2. The van der Waals surface area contributed by atoms with Gasteiger partial charge in [-0.05, 0) is 56.2 Å². The molecule has 186 valence electrons. The molecule has 4 aromatic rings. The van der Waals surface area contributed by atoms with E-state index in [0.717, 1.165) is 40.8 Å². The van der Waals surface area contributed by atoms with Crippen molar-refractivity contribution in [1.82, 2.24) is 9.88 Å². The van der Waals surface area contributed by atoms with Gasteiger partial charge in [-0.25, -0.2) is 9.78 Å². The number of hydrogen-bond donors (Lipinski definition) is 4. The van der Waals surface area contributed by atoms with Crippen LogP contribution in [0.15, 0.2) is 70.4 Å². The van der Waals surface area contributed by atoms with Crippen LogP contribution >= 0.6 is 0 Å². The van der Waals surface area contributed by atoms with Gasteiger partial charge in [-0.15, -0.1) is 0 Å². The van der Waals surface area contributed by atoms with Gasteiger partial charge >= 0.3 is 5.97 Å². The quantitative estimate of drug-likeness (QED) is 0.176. The van der Waals surface area contributed by atoms with E-state index < -0.39 is 22.9 Å². The van der Waals surface area contributed by atoms with E-state index in [1.54, 1.807) is 6.20 Å². The lowest BCUT2D eigenvalue weighted by atomic mass is 10.0. The van der Waals surface area contributed by atoms with Crippen LogP contribution in [-0.4, -0.2) is 54.2 Å². The number of nitrogens with one attached hydrogen (secondary N) is 3. The van der Waals surface area contributed by atoms with E-state index in [1.807, 2.05) is 73.6 Å². The Kier molecular flexibility index (Phi) is 7.60. The van der Waals surface area contributed by atoms with Crippen molar-refractivity contribution in [2.75, 3.05) is 43.1 Å². The van der Waals surface area contributed by atoms with E-state index in [2.05, 4.69) is 20.9 Å². The fraction of sp³-hybridized carbons (Fsp3) is 0.259. The first-order chi connectivity index (χ1) is 17.3. The first kappa shape index (κ1) is 24.9. The van der Waals surface area contributed by atoms with Crippen LogP contribution in [0, 0.1) is 0 Å².